The number of ether oxygens (including phenoxy) is 4. The Morgan fingerprint density at radius 2 is 1.89 bits per heavy atom. The standard InChI is InChI=1S/C28H37NO8/c1-15(30)36-18-12-27(2)17(8-9-19(27)35-5)21-23(18)28(3)20(14-34-4)37-26(33)16(13-29-10-6-7-11-29)22(28)25(32)24(21)31/h13,17-20,32H,6-12,14H2,1-5H3. The number of methoxy groups -OCH3 is 2. The number of nitrogens with zero attached hydrogens (tertiary/aromatic N) is 1. The number of esters is 2. The van der Waals surface area contributed by atoms with E-state index in [1.165, 1.54) is 14.0 Å². The Morgan fingerprint density at radius 1 is 1.19 bits per heavy atom. The molecule has 6 atom stereocenters. The largest absolute Gasteiger partial charge is 0.504 e. The highest BCUT2D eigenvalue weighted by atomic mass is 16.6. The predicted octanol–water partition coefficient (Wildman–Crippen LogP) is 3.00. The topological polar surface area (TPSA) is 112 Å². The van der Waals surface area contributed by atoms with E-state index in [1.54, 1.807) is 13.3 Å². The zero-order chi connectivity index (χ0) is 26.7. The molecule has 0 amide bonds. The van der Waals surface area contributed by atoms with Crippen LogP contribution in [-0.2, 0) is 33.3 Å². The van der Waals surface area contributed by atoms with Gasteiger partial charge < -0.3 is 29.0 Å². The van der Waals surface area contributed by atoms with Crippen LogP contribution in [0, 0.1) is 16.7 Å². The number of carbonyl (C=O) groups excluding carboxylic acids is 3. The van der Waals surface area contributed by atoms with Gasteiger partial charge in [0.1, 0.15) is 12.2 Å². The van der Waals surface area contributed by atoms with E-state index in [4.69, 9.17) is 18.9 Å². The van der Waals surface area contributed by atoms with Crippen molar-refractivity contribution in [1.82, 2.24) is 4.90 Å². The van der Waals surface area contributed by atoms with E-state index in [0.717, 1.165) is 32.4 Å². The number of aliphatic hydroxyl groups is 1. The molecule has 3 fully saturated rings. The summed E-state index contributed by atoms with van der Waals surface area (Å²) in [7, 11) is 3.17. The third kappa shape index (κ3) is 3.76. The zero-order valence-electron chi connectivity index (χ0n) is 22.3. The first-order chi connectivity index (χ1) is 17.6. The molecule has 9 nitrogen and oxygen atoms in total. The summed E-state index contributed by atoms with van der Waals surface area (Å²) in [6.07, 6.45) is 3.94. The molecular weight excluding hydrogens is 478 g/mol. The molecule has 0 aromatic carbocycles. The average molecular weight is 516 g/mol. The molecule has 5 rings (SSSR count). The summed E-state index contributed by atoms with van der Waals surface area (Å²) >= 11 is 0. The Bertz CT molecular complexity index is 1120. The lowest BCUT2D eigenvalue weighted by Crippen LogP contribution is -2.57. The van der Waals surface area contributed by atoms with Gasteiger partial charge in [-0.05, 0) is 50.5 Å². The second-order valence-electron chi connectivity index (χ2n) is 11.4. The summed E-state index contributed by atoms with van der Waals surface area (Å²) in [6.45, 7) is 6.90. The van der Waals surface area contributed by atoms with Crippen LogP contribution in [0.3, 0.4) is 0 Å². The first-order valence-corrected chi connectivity index (χ1v) is 13.2. The van der Waals surface area contributed by atoms with Crippen molar-refractivity contribution in [3.63, 3.8) is 0 Å². The molecule has 2 aliphatic heterocycles. The summed E-state index contributed by atoms with van der Waals surface area (Å²) in [6, 6.07) is 0. The second-order valence-corrected chi connectivity index (χ2v) is 11.4. The first-order valence-electron chi connectivity index (χ1n) is 13.2. The molecule has 0 radical (unpaired) electrons. The Kier molecular flexibility index (Phi) is 6.51. The van der Waals surface area contributed by atoms with E-state index in [-0.39, 0.29) is 29.8 Å². The van der Waals surface area contributed by atoms with Crippen molar-refractivity contribution in [2.45, 2.75) is 71.2 Å². The maximum Gasteiger partial charge on any atom is 0.340 e. The van der Waals surface area contributed by atoms with Gasteiger partial charge in [-0.25, -0.2) is 4.79 Å². The average Bonchev–Trinajstić information content (AvgIpc) is 3.46. The zero-order valence-corrected chi connectivity index (χ0v) is 22.3. The van der Waals surface area contributed by atoms with Crippen molar-refractivity contribution in [1.29, 1.82) is 0 Å². The monoisotopic (exact) mass is 515 g/mol. The van der Waals surface area contributed by atoms with Crippen molar-refractivity contribution < 1.29 is 38.4 Å². The number of hydrogen-bond donors (Lipinski definition) is 1. The minimum Gasteiger partial charge on any atom is -0.504 e. The number of fused-ring (bicyclic) bond motifs is 4. The van der Waals surface area contributed by atoms with Gasteiger partial charge in [-0.1, -0.05) is 6.92 Å². The summed E-state index contributed by atoms with van der Waals surface area (Å²) in [5, 5.41) is 11.6. The van der Waals surface area contributed by atoms with Crippen molar-refractivity contribution >= 4 is 17.7 Å². The molecule has 0 spiro atoms. The fourth-order valence-electron chi connectivity index (χ4n) is 7.69. The molecular formula is C28H37NO8. The van der Waals surface area contributed by atoms with Gasteiger partial charge in [0.2, 0.25) is 5.78 Å². The highest BCUT2D eigenvalue weighted by Crippen LogP contribution is 2.63. The van der Waals surface area contributed by atoms with E-state index in [9.17, 15) is 19.5 Å². The molecule has 5 aliphatic rings. The highest BCUT2D eigenvalue weighted by Gasteiger charge is 2.64. The molecule has 0 aromatic heterocycles. The van der Waals surface area contributed by atoms with Crippen LogP contribution in [0.15, 0.2) is 34.3 Å². The van der Waals surface area contributed by atoms with Crippen LogP contribution in [0.5, 0.6) is 0 Å². The maximum atomic E-state index is 14.1. The van der Waals surface area contributed by atoms with E-state index in [1.807, 2.05) is 11.8 Å². The van der Waals surface area contributed by atoms with Crippen LogP contribution >= 0.6 is 0 Å². The molecule has 2 heterocycles. The number of hydrogen-bond acceptors (Lipinski definition) is 9. The number of likely N-dealkylation sites (tertiary alicyclic amines) is 1. The quantitative estimate of drug-likeness (QED) is 0.436. The Morgan fingerprint density at radius 3 is 2.51 bits per heavy atom. The number of cyclic esters (lactones) is 1. The van der Waals surface area contributed by atoms with Crippen molar-refractivity contribution in [3.8, 4) is 0 Å². The van der Waals surface area contributed by atoms with Crippen LogP contribution in [0.2, 0.25) is 0 Å². The summed E-state index contributed by atoms with van der Waals surface area (Å²) in [5.74, 6) is -2.21. The van der Waals surface area contributed by atoms with Gasteiger partial charge in [0.25, 0.3) is 0 Å². The van der Waals surface area contributed by atoms with Crippen LogP contribution in [-0.4, -0.2) is 80.0 Å². The van der Waals surface area contributed by atoms with Gasteiger partial charge in [0, 0.05) is 57.0 Å². The lowest BCUT2D eigenvalue weighted by molar-refractivity contribution is -0.161. The number of rotatable bonds is 5. The maximum absolute atomic E-state index is 14.1. The number of ketones is 1. The minimum absolute atomic E-state index is 0.0520. The third-order valence-corrected chi connectivity index (χ3v) is 9.36. The molecule has 1 N–H and O–H groups in total. The Labute approximate surface area is 217 Å². The van der Waals surface area contributed by atoms with E-state index < -0.39 is 46.5 Å². The van der Waals surface area contributed by atoms with Crippen LogP contribution in [0.25, 0.3) is 0 Å². The van der Waals surface area contributed by atoms with E-state index in [0.29, 0.717) is 24.0 Å². The molecule has 1 saturated carbocycles. The molecule has 2 saturated heterocycles. The van der Waals surface area contributed by atoms with Gasteiger partial charge in [0.15, 0.2) is 5.76 Å². The normalized spacial score (nSPS) is 38.5. The smallest absolute Gasteiger partial charge is 0.340 e. The minimum atomic E-state index is -1.13. The SMILES string of the molecule is COCC1OC(=O)C(=CN2CCCC2)C2=C(O)C(=O)C3=C(C(OC(C)=O)CC4(C)C(OC)CCC34)C21C. The first kappa shape index (κ1) is 26.0. The van der Waals surface area contributed by atoms with Gasteiger partial charge >= 0.3 is 11.9 Å². The summed E-state index contributed by atoms with van der Waals surface area (Å²) in [4.78, 5) is 41.7. The summed E-state index contributed by atoms with van der Waals surface area (Å²) in [5.41, 5.74) is -0.110. The van der Waals surface area contributed by atoms with Gasteiger partial charge in [-0.2, -0.15) is 0 Å². The van der Waals surface area contributed by atoms with Gasteiger partial charge in [-0.3, -0.25) is 9.59 Å². The molecule has 0 bridgehead atoms. The molecule has 9 heteroatoms. The van der Waals surface area contributed by atoms with Crippen molar-refractivity contribution in [2.75, 3.05) is 33.9 Å². The fourth-order valence-corrected chi connectivity index (χ4v) is 7.69. The van der Waals surface area contributed by atoms with Crippen molar-refractivity contribution in [3.05, 3.63) is 34.3 Å². The van der Waals surface area contributed by atoms with E-state index >= 15 is 0 Å². The molecule has 37 heavy (non-hydrogen) atoms. The van der Waals surface area contributed by atoms with Crippen LogP contribution in [0.1, 0.15) is 52.9 Å². The molecule has 6 unspecified atom stereocenters. The molecule has 202 valence electrons. The number of carbonyl (C=O) groups is 3. The Hall–Kier alpha value is -2.65. The Balaban J connectivity index is 1.75. The number of aliphatic hydroxyl groups excluding tert-OH is 1. The van der Waals surface area contributed by atoms with Crippen LogP contribution < -0.4 is 0 Å². The number of Topliss-reactive ketones (excluding diaryl/α,β-unsaturated/α-hetero) is 1. The van der Waals surface area contributed by atoms with Crippen molar-refractivity contribution in [2.24, 2.45) is 16.7 Å². The fraction of sp³-hybridized carbons (Fsp3) is 0.679. The second kappa shape index (κ2) is 9.27. The summed E-state index contributed by atoms with van der Waals surface area (Å²) < 4.78 is 23.2. The number of allylic oxidation sites excluding steroid dienone is 1. The lowest BCUT2D eigenvalue weighted by atomic mass is 9.53. The molecule has 3 aliphatic carbocycles. The van der Waals surface area contributed by atoms with Crippen LogP contribution in [0.4, 0.5) is 0 Å². The van der Waals surface area contributed by atoms with Gasteiger partial charge in [0.05, 0.1) is 23.7 Å². The third-order valence-electron chi connectivity index (χ3n) is 9.36. The lowest BCUT2D eigenvalue weighted by Gasteiger charge is -2.54. The van der Waals surface area contributed by atoms with E-state index in [2.05, 4.69) is 6.92 Å². The molecule has 0 aromatic rings. The predicted molar refractivity (Wildman–Crippen MR) is 132 cm³/mol. The highest BCUT2D eigenvalue weighted by molar-refractivity contribution is 6.13. The van der Waals surface area contributed by atoms with Gasteiger partial charge in [-0.15, -0.1) is 0 Å².